The minimum absolute atomic E-state index is 0.279. The highest BCUT2D eigenvalue weighted by molar-refractivity contribution is 5.73. The number of rotatable bonds is 7. The van der Waals surface area contributed by atoms with Crippen molar-refractivity contribution in [2.75, 3.05) is 13.7 Å². The van der Waals surface area contributed by atoms with Gasteiger partial charge in [-0.1, -0.05) is 30.3 Å². The van der Waals surface area contributed by atoms with Crippen molar-refractivity contribution in [3.05, 3.63) is 54.1 Å². The second-order valence-corrected chi connectivity index (χ2v) is 4.67. The van der Waals surface area contributed by atoms with Crippen LogP contribution in [0.25, 0.3) is 0 Å². The van der Waals surface area contributed by atoms with Crippen LogP contribution in [0.4, 0.5) is 0 Å². The Kier molecular flexibility index (Phi) is 5.83. The summed E-state index contributed by atoms with van der Waals surface area (Å²) in [5, 5.41) is 0. The Hall–Kier alpha value is -2.49. The molecule has 2 aromatic carbocycles. The van der Waals surface area contributed by atoms with Crippen LogP contribution in [0.3, 0.4) is 0 Å². The third-order valence-corrected chi connectivity index (χ3v) is 3.16. The molecule has 0 amide bonds. The first-order valence-electron chi connectivity index (χ1n) is 7.29. The van der Waals surface area contributed by atoms with Crippen LogP contribution in [0.15, 0.2) is 48.5 Å². The van der Waals surface area contributed by atoms with Crippen molar-refractivity contribution in [3.63, 3.8) is 0 Å². The van der Waals surface area contributed by atoms with E-state index in [-0.39, 0.29) is 12.4 Å². The molecule has 0 spiro atoms. The van der Waals surface area contributed by atoms with Crippen molar-refractivity contribution in [2.24, 2.45) is 0 Å². The minimum Gasteiger partial charge on any atom is -0.496 e. The minimum atomic E-state index is -0.293. The van der Waals surface area contributed by atoms with Crippen LogP contribution >= 0.6 is 0 Å². The average molecular weight is 300 g/mol. The topological polar surface area (TPSA) is 44.8 Å². The third kappa shape index (κ3) is 4.25. The zero-order valence-electron chi connectivity index (χ0n) is 12.9. The Bertz CT molecular complexity index is 622. The van der Waals surface area contributed by atoms with Crippen molar-refractivity contribution in [3.8, 4) is 17.2 Å². The van der Waals surface area contributed by atoms with E-state index in [1.54, 1.807) is 19.2 Å². The van der Waals surface area contributed by atoms with Gasteiger partial charge >= 0.3 is 5.97 Å². The lowest BCUT2D eigenvalue weighted by atomic mass is 10.1. The number of benzene rings is 2. The van der Waals surface area contributed by atoms with Gasteiger partial charge < -0.3 is 14.2 Å². The van der Waals surface area contributed by atoms with Gasteiger partial charge in [0.15, 0.2) is 11.5 Å². The van der Waals surface area contributed by atoms with Crippen molar-refractivity contribution in [1.82, 2.24) is 0 Å². The molecule has 0 aliphatic heterocycles. The van der Waals surface area contributed by atoms with E-state index in [4.69, 9.17) is 14.2 Å². The SMILES string of the molecule is CCOc1ccccc1OC(=O)CCc1ccccc1OC. The second-order valence-electron chi connectivity index (χ2n) is 4.67. The van der Waals surface area contributed by atoms with Gasteiger partial charge in [0.05, 0.1) is 20.1 Å². The average Bonchev–Trinajstić information content (AvgIpc) is 2.55. The number of carbonyl (C=O) groups is 1. The van der Waals surface area contributed by atoms with Crippen LogP contribution in [-0.2, 0) is 11.2 Å². The molecule has 116 valence electrons. The standard InChI is InChI=1S/C18H20O4/c1-3-21-16-10-6-7-11-17(16)22-18(19)13-12-14-8-4-5-9-15(14)20-2/h4-11H,3,12-13H2,1-2H3. The van der Waals surface area contributed by atoms with Gasteiger partial charge in [-0.3, -0.25) is 4.79 Å². The Balaban J connectivity index is 1.96. The second kappa shape index (κ2) is 8.08. The molecule has 0 N–H and O–H groups in total. The monoisotopic (exact) mass is 300 g/mol. The molecule has 2 rings (SSSR count). The molecule has 4 heteroatoms. The maximum absolute atomic E-state index is 12.0. The normalized spacial score (nSPS) is 10.1. The summed E-state index contributed by atoms with van der Waals surface area (Å²) in [6, 6.07) is 14.8. The van der Waals surface area contributed by atoms with Gasteiger partial charge in [-0.15, -0.1) is 0 Å². The number of methoxy groups -OCH3 is 1. The summed E-state index contributed by atoms with van der Waals surface area (Å²) in [5.74, 6) is 1.52. The summed E-state index contributed by atoms with van der Waals surface area (Å²) >= 11 is 0. The molecule has 0 saturated carbocycles. The van der Waals surface area contributed by atoms with Gasteiger partial charge in [-0.25, -0.2) is 0 Å². The quantitative estimate of drug-likeness (QED) is 0.578. The zero-order chi connectivity index (χ0) is 15.8. The fourth-order valence-corrected chi connectivity index (χ4v) is 2.13. The van der Waals surface area contributed by atoms with Gasteiger partial charge in [0.1, 0.15) is 5.75 Å². The summed E-state index contributed by atoms with van der Waals surface area (Å²) in [6.07, 6.45) is 0.848. The molecule has 0 aliphatic rings. The lowest BCUT2D eigenvalue weighted by molar-refractivity contribution is -0.134. The van der Waals surface area contributed by atoms with E-state index in [0.717, 1.165) is 11.3 Å². The van der Waals surface area contributed by atoms with E-state index in [1.165, 1.54) is 0 Å². The predicted octanol–water partition coefficient (Wildman–Crippen LogP) is 3.63. The maximum Gasteiger partial charge on any atom is 0.311 e. The lowest BCUT2D eigenvalue weighted by Crippen LogP contribution is -2.10. The molecule has 0 unspecified atom stereocenters. The fourth-order valence-electron chi connectivity index (χ4n) is 2.13. The van der Waals surface area contributed by atoms with Gasteiger partial charge in [0.2, 0.25) is 0 Å². The third-order valence-electron chi connectivity index (χ3n) is 3.16. The first-order valence-corrected chi connectivity index (χ1v) is 7.29. The molecule has 4 nitrogen and oxygen atoms in total. The van der Waals surface area contributed by atoms with Crippen LogP contribution < -0.4 is 14.2 Å². The largest absolute Gasteiger partial charge is 0.496 e. The number of hydrogen-bond acceptors (Lipinski definition) is 4. The number of aryl methyl sites for hydroxylation is 1. The first kappa shape index (κ1) is 15.9. The number of hydrogen-bond donors (Lipinski definition) is 0. The Morgan fingerprint density at radius 3 is 2.27 bits per heavy atom. The highest BCUT2D eigenvalue weighted by Gasteiger charge is 2.11. The molecule has 2 aromatic rings. The molecule has 22 heavy (non-hydrogen) atoms. The zero-order valence-corrected chi connectivity index (χ0v) is 12.9. The number of carbonyl (C=O) groups excluding carboxylic acids is 1. The van der Waals surface area contributed by atoms with Gasteiger partial charge in [0, 0.05) is 0 Å². The van der Waals surface area contributed by atoms with E-state index >= 15 is 0 Å². The molecule has 0 radical (unpaired) electrons. The van der Waals surface area contributed by atoms with Crippen LogP contribution in [0.5, 0.6) is 17.2 Å². The number of para-hydroxylation sites is 3. The predicted molar refractivity (Wildman–Crippen MR) is 84.6 cm³/mol. The van der Waals surface area contributed by atoms with Crippen molar-refractivity contribution in [2.45, 2.75) is 19.8 Å². The van der Waals surface area contributed by atoms with Crippen LogP contribution in [0.1, 0.15) is 18.9 Å². The molecule has 0 aliphatic carbocycles. The molecular formula is C18H20O4. The fraction of sp³-hybridized carbons (Fsp3) is 0.278. The van der Waals surface area contributed by atoms with Crippen molar-refractivity contribution >= 4 is 5.97 Å². The number of ether oxygens (including phenoxy) is 3. The van der Waals surface area contributed by atoms with Crippen molar-refractivity contribution in [1.29, 1.82) is 0 Å². The Morgan fingerprint density at radius 1 is 0.955 bits per heavy atom. The summed E-state index contributed by atoms with van der Waals surface area (Å²) in [7, 11) is 1.62. The van der Waals surface area contributed by atoms with Gasteiger partial charge in [0.25, 0.3) is 0 Å². The molecule has 0 atom stereocenters. The smallest absolute Gasteiger partial charge is 0.311 e. The highest BCUT2D eigenvalue weighted by atomic mass is 16.6. The highest BCUT2D eigenvalue weighted by Crippen LogP contribution is 2.27. The lowest BCUT2D eigenvalue weighted by Gasteiger charge is -2.11. The number of esters is 1. The maximum atomic E-state index is 12.0. The van der Waals surface area contributed by atoms with Crippen LogP contribution in [0.2, 0.25) is 0 Å². The van der Waals surface area contributed by atoms with Gasteiger partial charge in [-0.2, -0.15) is 0 Å². The molecule has 0 fully saturated rings. The van der Waals surface area contributed by atoms with E-state index in [0.29, 0.717) is 24.5 Å². The van der Waals surface area contributed by atoms with E-state index in [1.807, 2.05) is 43.3 Å². The molecule has 0 aromatic heterocycles. The molecule has 0 heterocycles. The van der Waals surface area contributed by atoms with E-state index in [9.17, 15) is 4.79 Å². The van der Waals surface area contributed by atoms with Crippen molar-refractivity contribution < 1.29 is 19.0 Å². The summed E-state index contributed by atoms with van der Waals surface area (Å²) in [6.45, 7) is 2.41. The molecule has 0 bridgehead atoms. The van der Waals surface area contributed by atoms with E-state index in [2.05, 4.69) is 0 Å². The molecule has 0 saturated heterocycles. The van der Waals surface area contributed by atoms with E-state index < -0.39 is 0 Å². The molecular weight excluding hydrogens is 280 g/mol. The van der Waals surface area contributed by atoms with Crippen LogP contribution in [0, 0.1) is 0 Å². The Morgan fingerprint density at radius 2 is 1.59 bits per heavy atom. The Labute approximate surface area is 130 Å². The first-order chi connectivity index (χ1) is 10.7. The van der Waals surface area contributed by atoms with Gasteiger partial charge in [-0.05, 0) is 37.1 Å². The summed E-state index contributed by atoms with van der Waals surface area (Å²) in [5.41, 5.74) is 0.986. The summed E-state index contributed by atoms with van der Waals surface area (Å²) in [4.78, 5) is 12.0. The van der Waals surface area contributed by atoms with Crippen LogP contribution in [-0.4, -0.2) is 19.7 Å². The summed E-state index contributed by atoms with van der Waals surface area (Å²) < 4.78 is 16.1.